The van der Waals surface area contributed by atoms with Gasteiger partial charge in [0.1, 0.15) is 5.69 Å². The van der Waals surface area contributed by atoms with E-state index in [1.807, 2.05) is 48.2 Å². The quantitative estimate of drug-likeness (QED) is 0.755. The second-order valence-corrected chi connectivity index (χ2v) is 7.99. The molecule has 30 heavy (non-hydrogen) atoms. The SMILES string of the molecule is CCOC(=O)N1CCC(N(CC2CCOC2)C(=O)c2ccc3ccccc3n2)CC1. The zero-order chi connectivity index (χ0) is 20.9. The van der Waals surface area contributed by atoms with Crippen molar-refractivity contribution in [2.45, 2.75) is 32.2 Å². The van der Waals surface area contributed by atoms with Crippen molar-refractivity contribution in [3.8, 4) is 0 Å². The van der Waals surface area contributed by atoms with Crippen LogP contribution in [-0.4, -0.2) is 72.3 Å². The Morgan fingerprint density at radius 1 is 1.17 bits per heavy atom. The van der Waals surface area contributed by atoms with E-state index < -0.39 is 0 Å². The molecule has 0 saturated carbocycles. The number of para-hydroxylation sites is 1. The van der Waals surface area contributed by atoms with Crippen molar-refractivity contribution < 1.29 is 19.1 Å². The number of fused-ring (bicyclic) bond motifs is 1. The first kappa shape index (κ1) is 20.6. The summed E-state index contributed by atoms with van der Waals surface area (Å²) < 4.78 is 10.7. The van der Waals surface area contributed by atoms with E-state index in [0.29, 0.717) is 44.5 Å². The van der Waals surface area contributed by atoms with Gasteiger partial charge in [0.25, 0.3) is 5.91 Å². The minimum Gasteiger partial charge on any atom is -0.450 e. The van der Waals surface area contributed by atoms with Crippen LogP contribution in [0.1, 0.15) is 36.7 Å². The highest BCUT2D eigenvalue weighted by atomic mass is 16.6. The molecule has 160 valence electrons. The van der Waals surface area contributed by atoms with Crippen molar-refractivity contribution >= 4 is 22.9 Å². The van der Waals surface area contributed by atoms with Crippen molar-refractivity contribution in [2.24, 2.45) is 5.92 Å². The lowest BCUT2D eigenvalue weighted by molar-refractivity contribution is 0.0482. The molecular formula is C23H29N3O4. The van der Waals surface area contributed by atoms with Crippen molar-refractivity contribution in [3.63, 3.8) is 0 Å². The summed E-state index contributed by atoms with van der Waals surface area (Å²) in [5, 5.41) is 1.02. The molecule has 2 saturated heterocycles. The summed E-state index contributed by atoms with van der Waals surface area (Å²) in [4.78, 5) is 33.9. The Kier molecular flexibility index (Phi) is 6.47. The Balaban J connectivity index is 1.51. The first-order chi connectivity index (χ1) is 14.7. The Labute approximate surface area is 177 Å². The lowest BCUT2D eigenvalue weighted by Crippen LogP contribution is -2.50. The van der Waals surface area contributed by atoms with Gasteiger partial charge < -0.3 is 19.3 Å². The molecule has 0 bridgehead atoms. The maximum atomic E-state index is 13.5. The molecule has 1 atom stereocenters. The summed E-state index contributed by atoms with van der Waals surface area (Å²) in [6.45, 7) is 5.49. The van der Waals surface area contributed by atoms with Gasteiger partial charge in [0.05, 0.1) is 18.7 Å². The molecule has 7 heteroatoms. The highest BCUT2D eigenvalue weighted by molar-refractivity contribution is 5.95. The van der Waals surface area contributed by atoms with E-state index in [-0.39, 0.29) is 18.0 Å². The molecule has 3 heterocycles. The predicted octanol–water partition coefficient (Wildman–Crippen LogP) is 3.33. The molecule has 4 rings (SSSR count). The lowest BCUT2D eigenvalue weighted by atomic mass is 10.00. The Morgan fingerprint density at radius 2 is 1.97 bits per heavy atom. The number of nitrogens with zero attached hydrogens (tertiary/aromatic N) is 3. The first-order valence-electron chi connectivity index (χ1n) is 10.8. The van der Waals surface area contributed by atoms with Crippen molar-refractivity contribution in [3.05, 3.63) is 42.1 Å². The number of amides is 2. The van der Waals surface area contributed by atoms with E-state index in [2.05, 4.69) is 4.98 Å². The molecule has 2 amide bonds. The highest BCUT2D eigenvalue weighted by Gasteiger charge is 2.33. The molecule has 0 N–H and O–H groups in total. The number of carbonyl (C=O) groups excluding carboxylic acids is 2. The second kappa shape index (κ2) is 9.43. The van der Waals surface area contributed by atoms with Gasteiger partial charge in [-0.2, -0.15) is 0 Å². The van der Waals surface area contributed by atoms with Crippen LogP contribution in [0.2, 0.25) is 0 Å². The molecule has 0 spiro atoms. The first-order valence-corrected chi connectivity index (χ1v) is 10.8. The normalized spacial score (nSPS) is 19.8. The summed E-state index contributed by atoms with van der Waals surface area (Å²) in [6, 6.07) is 11.7. The third kappa shape index (κ3) is 4.56. The van der Waals surface area contributed by atoms with Crippen LogP contribution in [-0.2, 0) is 9.47 Å². The molecule has 2 aliphatic rings. The maximum absolute atomic E-state index is 13.5. The number of likely N-dealkylation sites (tertiary alicyclic amines) is 1. The number of aromatic nitrogens is 1. The summed E-state index contributed by atoms with van der Waals surface area (Å²) >= 11 is 0. The van der Waals surface area contributed by atoms with E-state index in [1.165, 1.54) is 0 Å². The van der Waals surface area contributed by atoms with Crippen LogP contribution in [0.3, 0.4) is 0 Å². The summed E-state index contributed by atoms with van der Waals surface area (Å²) in [7, 11) is 0. The Hall–Kier alpha value is -2.67. The molecule has 2 aromatic rings. The fourth-order valence-corrected chi connectivity index (χ4v) is 4.31. The van der Waals surface area contributed by atoms with E-state index in [0.717, 1.165) is 36.8 Å². The van der Waals surface area contributed by atoms with Crippen molar-refractivity contribution in [1.29, 1.82) is 0 Å². The number of pyridine rings is 1. The van der Waals surface area contributed by atoms with E-state index in [4.69, 9.17) is 9.47 Å². The maximum Gasteiger partial charge on any atom is 0.409 e. The number of ether oxygens (including phenoxy) is 2. The number of carbonyl (C=O) groups is 2. The average molecular weight is 412 g/mol. The average Bonchev–Trinajstić information content (AvgIpc) is 3.30. The second-order valence-electron chi connectivity index (χ2n) is 7.99. The fraction of sp³-hybridized carbons (Fsp3) is 0.522. The largest absolute Gasteiger partial charge is 0.450 e. The highest BCUT2D eigenvalue weighted by Crippen LogP contribution is 2.24. The van der Waals surface area contributed by atoms with Crippen molar-refractivity contribution in [1.82, 2.24) is 14.8 Å². The number of piperidine rings is 1. The van der Waals surface area contributed by atoms with Crippen LogP contribution in [0.5, 0.6) is 0 Å². The van der Waals surface area contributed by atoms with Gasteiger partial charge >= 0.3 is 6.09 Å². The Morgan fingerprint density at radius 3 is 2.70 bits per heavy atom. The van der Waals surface area contributed by atoms with Gasteiger partial charge in [-0.05, 0) is 38.3 Å². The third-order valence-corrected chi connectivity index (χ3v) is 5.99. The monoisotopic (exact) mass is 411 g/mol. The topological polar surface area (TPSA) is 72.0 Å². The molecule has 0 radical (unpaired) electrons. The zero-order valence-electron chi connectivity index (χ0n) is 17.5. The minimum absolute atomic E-state index is 0.0396. The number of rotatable bonds is 5. The van der Waals surface area contributed by atoms with Crippen LogP contribution in [0.15, 0.2) is 36.4 Å². The van der Waals surface area contributed by atoms with E-state index in [1.54, 1.807) is 4.90 Å². The summed E-state index contributed by atoms with van der Waals surface area (Å²) in [6.07, 6.45) is 2.18. The molecule has 2 aliphatic heterocycles. The number of hydrogen-bond donors (Lipinski definition) is 0. The molecule has 2 fully saturated rings. The van der Waals surface area contributed by atoms with Crippen LogP contribution in [0.4, 0.5) is 4.79 Å². The van der Waals surface area contributed by atoms with E-state index >= 15 is 0 Å². The van der Waals surface area contributed by atoms with Gasteiger partial charge in [-0.3, -0.25) is 4.79 Å². The minimum atomic E-state index is -0.269. The van der Waals surface area contributed by atoms with Crippen LogP contribution in [0.25, 0.3) is 10.9 Å². The van der Waals surface area contributed by atoms with Gasteiger partial charge in [0.2, 0.25) is 0 Å². The summed E-state index contributed by atoms with van der Waals surface area (Å²) in [5.74, 6) is 0.305. The molecule has 1 aromatic carbocycles. The zero-order valence-corrected chi connectivity index (χ0v) is 17.5. The smallest absolute Gasteiger partial charge is 0.409 e. The standard InChI is InChI=1S/C23H29N3O4/c1-2-30-23(28)25-12-9-19(10-13-25)26(15-17-11-14-29-16-17)22(27)21-8-7-18-5-3-4-6-20(18)24-21/h3-8,17,19H,2,9-16H2,1H3. The molecule has 1 aromatic heterocycles. The molecular weight excluding hydrogens is 382 g/mol. The van der Waals surface area contributed by atoms with Gasteiger partial charge in [-0.25, -0.2) is 9.78 Å². The fourth-order valence-electron chi connectivity index (χ4n) is 4.31. The van der Waals surface area contributed by atoms with Crippen LogP contribution < -0.4 is 0 Å². The molecule has 7 nitrogen and oxygen atoms in total. The van der Waals surface area contributed by atoms with Crippen LogP contribution in [0, 0.1) is 5.92 Å². The summed E-state index contributed by atoms with van der Waals surface area (Å²) in [5.41, 5.74) is 1.30. The van der Waals surface area contributed by atoms with E-state index in [9.17, 15) is 9.59 Å². The van der Waals surface area contributed by atoms with Crippen molar-refractivity contribution in [2.75, 3.05) is 39.5 Å². The van der Waals surface area contributed by atoms with Gasteiger partial charge in [-0.15, -0.1) is 0 Å². The van der Waals surface area contributed by atoms with Crippen LogP contribution >= 0.6 is 0 Å². The Bertz CT molecular complexity index is 889. The molecule has 0 aliphatic carbocycles. The van der Waals surface area contributed by atoms with Gasteiger partial charge in [0.15, 0.2) is 0 Å². The van der Waals surface area contributed by atoms with Gasteiger partial charge in [0, 0.05) is 43.6 Å². The number of benzene rings is 1. The lowest BCUT2D eigenvalue weighted by Gasteiger charge is -2.39. The number of hydrogen-bond acceptors (Lipinski definition) is 5. The van der Waals surface area contributed by atoms with Gasteiger partial charge in [-0.1, -0.05) is 24.3 Å². The third-order valence-electron chi connectivity index (χ3n) is 5.99. The molecule has 1 unspecified atom stereocenters. The predicted molar refractivity (Wildman–Crippen MR) is 113 cm³/mol.